The molecule has 1 fully saturated rings. The van der Waals surface area contributed by atoms with Crippen LogP contribution in [0.25, 0.3) is 5.76 Å². The Kier molecular flexibility index (Phi) is 4.91. The quantitative estimate of drug-likeness (QED) is 0.391. The van der Waals surface area contributed by atoms with Crippen LogP contribution < -0.4 is 4.90 Å². The van der Waals surface area contributed by atoms with Crippen molar-refractivity contribution in [2.75, 3.05) is 4.90 Å². The van der Waals surface area contributed by atoms with E-state index in [1.165, 1.54) is 4.90 Å². The van der Waals surface area contributed by atoms with Crippen LogP contribution in [0.3, 0.4) is 0 Å². The molecule has 0 radical (unpaired) electrons. The van der Waals surface area contributed by atoms with Crippen LogP contribution in [0, 0.1) is 6.92 Å². The Morgan fingerprint density at radius 3 is 2.48 bits per heavy atom. The highest BCUT2D eigenvalue weighted by Crippen LogP contribution is 2.43. The lowest BCUT2D eigenvalue weighted by atomic mass is 9.96. The second kappa shape index (κ2) is 7.53. The third-order valence-corrected chi connectivity index (χ3v) is 5.40. The van der Waals surface area contributed by atoms with Crippen LogP contribution in [0.2, 0.25) is 5.02 Å². The van der Waals surface area contributed by atoms with E-state index < -0.39 is 17.7 Å². The fourth-order valence-electron chi connectivity index (χ4n) is 3.54. The number of amides is 1. The average Bonchev–Trinajstić information content (AvgIpc) is 3.01. The fourth-order valence-corrected chi connectivity index (χ4v) is 3.71. The van der Waals surface area contributed by atoms with Gasteiger partial charge in [-0.05, 0) is 36.2 Å². The minimum Gasteiger partial charge on any atom is -0.507 e. The maximum atomic E-state index is 13.1. The van der Waals surface area contributed by atoms with Crippen molar-refractivity contribution < 1.29 is 14.7 Å². The molecule has 1 saturated heterocycles. The molecule has 2 aromatic carbocycles. The molecule has 6 heteroatoms. The van der Waals surface area contributed by atoms with E-state index in [0.29, 0.717) is 27.4 Å². The first-order valence-electron chi connectivity index (χ1n) is 9.02. The summed E-state index contributed by atoms with van der Waals surface area (Å²) >= 11 is 6.27. The summed E-state index contributed by atoms with van der Waals surface area (Å²) in [4.78, 5) is 31.6. The molecule has 0 aliphatic carbocycles. The molecule has 1 aliphatic rings. The normalized spacial score (nSPS) is 18.3. The van der Waals surface area contributed by atoms with Gasteiger partial charge in [0.2, 0.25) is 0 Å². The van der Waals surface area contributed by atoms with Crippen LogP contribution >= 0.6 is 11.6 Å². The summed E-state index contributed by atoms with van der Waals surface area (Å²) in [6.07, 6.45) is 3.19. The standard InChI is InChI=1S/C23H17ClN2O3/c1-14-17(24)10-5-11-18(14)26-20(16-9-6-12-25-13-16)19(22(28)23(26)29)21(27)15-7-3-2-4-8-15/h2-13,20,27H,1H3/b21-19+. The number of hydrogen-bond donors (Lipinski definition) is 1. The van der Waals surface area contributed by atoms with Crippen molar-refractivity contribution in [3.05, 3.63) is 100 Å². The smallest absolute Gasteiger partial charge is 0.300 e. The molecule has 1 N–H and O–H groups in total. The molecule has 144 valence electrons. The Hall–Kier alpha value is -3.44. The number of aliphatic hydroxyl groups is 1. The lowest BCUT2D eigenvalue weighted by molar-refractivity contribution is -0.132. The minimum absolute atomic E-state index is 0.0218. The van der Waals surface area contributed by atoms with Gasteiger partial charge in [0.15, 0.2) is 0 Å². The van der Waals surface area contributed by atoms with Gasteiger partial charge in [-0.15, -0.1) is 0 Å². The molecule has 29 heavy (non-hydrogen) atoms. The fraction of sp³-hybridized carbons (Fsp3) is 0.0870. The predicted molar refractivity (Wildman–Crippen MR) is 112 cm³/mol. The van der Waals surface area contributed by atoms with Crippen LogP contribution in [0.1, 0.15) is 22.7 Å². The lowest BCUT2D eigenvalue weighted by Crippen LogP contribution is -2.30. The van der Waals surface area contributed by atoms with Crippen LogP contribution in [0.15, 0.2) is 78.6 Å². The molecule has 1 amide bonds. The Morgan fingerprint density at radius 1 is 1.03 bits per heavy atom. The average molecular weight is 405 g/mol. The number of rotatable bonds is 3. The van der Waals surface area contributed by atoms with Crippen LogP contribution in [0.5, 0.6) is 0 Å². The van der Waals surface area contributed by atoms with Crippen LogP contribution in [-0.2, 0) is 9.59 Å². The summed E-state index contributed by atoms with van der Waals surface area (Å²) in [5.41, 5.74) is 2.28. The van der Waals surface area contributed by atoms with E-state index in [0.717, 1.165) is 0 Å². The summed E-state index contributed by atoms with van der Waals surface area (Å²) in [5, 5.41) is 11.4. The van der Waals surface area contributed by atoms with Crippen molar-refractivity contribution in [1.82, 2.24) is 4.98 Å². The molecule has 0 bridgehead atoms. The number of aromatic nitrogens is 1. The lowest BCUT2D eigenvalue weighted by Gasteiger charge is -2.26. The highest BCUT2D eigenvalue weighted by Gasteiger charge is 2.47. The van der Waals surface area contributed by atoms with E-state index >= 15 is 0 Å². The number of carbonyl (C=O) groups excluding carboxylic acids is 2. The molecular weight excluding hydrogens is 388 g/mol. The second-order valence-electron chi connectivity index (χ2n) is 6.71. The highest BCUT2D eigenvalue weighted by molar-refractivity contribution is 6.52. The maximum Gasteiger partial charge on any atom is 0.300 e. The number of pyridine rings is 1. The number of aliphatic hydroxyl groups excluding tert-OH is 1. The molecule has 1 aliphatic heterocycles. The van der Waals surface area contributed by atoms with Crippen LogP contribution in [-0.4, -0.2) is 21.8 Å². The van der Waals surface area contributed by atoms with E-state index in [1.807, 2.05) is 6.07 Å². The van der Waals surface area contributed by atoms with Gasteiger partial charge in [0, 0.05) is 28.7 Å². The number of Topliss-reactive ketones (excluding diaryl/α,β-unsaturated/α-hetero) is 1. The van der Waals surface area contributed by atoms with Crippen molar-refractivity contribution in [3.63, 3.8) is 0 Å². The molecular formula is C23H17ClN2O3. The molecule has 4 rings (SSSR count). The molecule has 2 heterocycles. The van der Waals surface area contributed by atoms with Gasteiger partial charge in [0.05, 0.1) is 11.6 Å². The van der Waals surface area contributed by atoms with Gasteiger partial charge >= 0.3 is 0 Å². The number of anilines is 1. The van der Waals surface area contributed by atoms with Gasteiger partial charge in [-0.2, -0.15) is 0 Å². The Labute approximate surface area is 172 Å². The first-order chi connectivity index (χ1) is 14.0. The number of halogens is 1. The van der Waals surface area contributed by atoms with Crippen molar-refractivity contribution in [1.29, 1.82) is 0 Å². The summed E-state index contributed by atoms with van der Waals surface area (Å²) in [6.45, 7) is 1.79. The number of ketones is 1. The van der Waals surface area contributed by atoms with E-state index in [9.17, 15) is 14.7 Å². The third-order valence-electron chi connectivity index (χ3n) is 4.99. The maximum absolute atomic E-state index is 13.1. The number of benzene rings is 2. The monoisotopic (exact) mass is 404 g/mol. The first-order valence-corrected chi connectivity index (χ1v) is 9.40. The molecule has 5 nitrogen and oxygen atoms in total. The number of carbonyl (C=O) groups is 2. The molecule has 3 aromatic rings. The largest absolute Gasteiger partial charge is 0.507 e. The molecule has 1 unspecified atom stereocenters. The Bertz CT molecular complexity index is 1130. The predicted octanol–water partition coefficient (Wildman–Crippen LogP) is 4.67. The third kappa shape index (κ3) is 3.19. The molecule has 1 atom stereocenters. The summed E-state index contributed by atoms with van der Waals surface area (Å²) < 4.78 is 0. The minimum atomic E-state index is -0.818. The van der Waals surface area contributed by atoms with Gasteiger partial charge in [0.25, 0.3) is 11.7 Å². The molecule has 1 aromatic heterocycles. The molecule has 0 spiro atoms. The van der Waals surface area contributed by atoms with Gasteiger partial charge in [-0.1, -0.05) is 54.1 Å². The van der Waals surface area contributed by atoms with Crippen molar-refractivity contribution in [2.24, 2.45) is 0 Å². The van der Waals surface area contributed by atoms with Crippen molar-refractivity contribution in [3.8, 4) is 0 Å². The Balaban J connectivity index is 1.98. The van der Waals surface area contributed by atoms with Gasteiger partial charge in [-0.3, -0.25) is 19.5 Å². The van der Waals surface area contributed by atoms with Crippen molar-refractivity contribution in [2.45, 2.75) is 13.0 Å². The van der Waals surface area contributed by atoms with E-state index in [2.05, 4.69) is 4.98 Å². The van der Waals surface area contributed by atoms with Gasteiger partial charge in [0.1, 0.15) is 5.76 Å². The van der Waals surface area contributed by atoms with E-state index in [-0.39, 0.29) is 11.3 Å². The zero-order valence-electron chi connectivity index (χ0n) is 15.5. The van der Waals surface area contributed by atoms with Crippen molar-refractivity contribution >= 4 is 34.7 Å². The Morgan fingerprint density at radius 2 is 1.79 bits per heavy atom. The topological polar surface area (TPSA) is 70.5 Å². The summed E-state index contributed by atoms with van der Waals surface area (Å²) in [5.74, 6) is -1.69. The number of nitrogens with zero attached hydrogens (tertiary/aromatic N) is 2. The van der Waals surface area contributed by atoms with E-state index in [4.69, 9.17) is 11.6 Å². The van der Waals surface area contributed by atoms with E-state index in [1.54, 1.807) is 73.9 Å². The van der Waals surface area contributed by atoms with Gasteiger partial charge < -0.3 is 5.11 Å². The molecule has 0 saturated carbocycles. The SMILES string of the molecule is Cc1c(Cl)cccc1N1C(=O)C(=O)/C(=C(/O)c2ccccc2)C1c1cccnc1. The van der Waals surface area contributed by atoms with Crippen LogP contribution in [0.4, 0.5) is 5.69 Å². The number of hydrogen-bond acceptors (Lipinski definition) is 4. The first kappa shape index (κ1) is 18.9. The summed E-state index contributed by atoms with van der Waals surface area (Å²) in [7, 11) is 0. The summed E-state index contributed by atoms with van der Waals surface area (Å²) in [6, 6.07) is 16.6. The zero-order valence-corrected chi connectivity index (χ0v) is 16.3. The highest BCUT2D eigenvalue weighted by atomic mass is 35.5. The van der Waals surface area contributed by atoms with Gasteiger partial charge in [-0.25, -0.2) is 0 Å². The second-order valence-corrected chi connectivity index (χ2v) is 7.11. The zero-order chi connectivity index (χ0) is 20.5.